The Balaban J connectivity index is 2.11. The first-order valence-corrected chi connectivity index (χ1v) is 14.3. The predicted molar refractivity (Wildman–Crippen MR) is 162 cm³/mol. The first kappa shape index (κ1) is 34.9. The first-order chi connectivity index (χ1) is 21.1. The van der Waals surface area contributed by atoms with Crippen molar-refractivity contribution in [2.24, 2.45) is 16.9 Å². The van der Waals surface area contributed by atoms with Gasteiger partial charge in [0.15, 0.2) is 0 Å². The van der Waals surface area contributed by atoms with Gasteiger partial charge >= 0.3 is 5.97 Å². The maximum absolute atomic E-state index is 14.9. The number of nitrogens with two attached hydrogens (primary N) is 2. The van der Waals surface area contributed by atoms with E-state index in [4.69, 9.17) is 11.5 Å². The van der Waals surface area contributed by atoms with E-state index < -0.39 is 71.9 Å². The van der Waals surface area contributed by atoms with Crippen molar-refractivity contribution >= 4 is 23.7 Å². The number of hydrogen-bond acceptors (Lipinski definition) is 6. The zero-order chi connectivity index (χ0) is 33.5. The van der Waals surface area contributed by atoms with Crippen molar-refractivity contribution in [1.82, 2.24) is 14.8 Å². The standard InChI is InChI=1S/C32H39F2N5O6/c1-32(2,3)29(39(28(42)18-40)12-11-24(31(44)45)37-25(30(36)43)15-27(35)41)26-13-20(22-14-21(33)9-10-23(22)34)17-38(26)16-19-7-5-4-6-8-19/h4-10,13-14,17,24-25,29,37,40H,11-12,15-16,18H2,1-3H3,(H2,35,41)(H2,36,43)(H,44,45)/t24-,25-,29-/m0/s1. The highest BCUT2D eigenvalue weighted by Crippen LogP contribution is 2.41. The second-order valence-corrected chi connectivity index (χ2v) is 11.9. The van der Waals surface area contributed by atoms with Crippen molar-refractivity contribution in [1.29, 1.82) is 0 Å². The number of aromatic nitrogens is 1. The number of amides is 3. The predicted octanol–water partition coefficient (Wildman–Crippen LogP) is 2.55. The fraction of sp³-hybridized carbons (Fsp3) is 0.375. The monoisotopic (exact) mass is 627 g/mol. The normalized spacial score (nSPS) is 13.6. The largest absolute Gasteiger partial charge is 0.480 e. The molecule has 3 amide bonds. The summed E-state index contributed by atoms with van der Waals surface area (Å²) >= 11 is 0. The van der Waals surface area contributed by atoms with Gasteiger partial charge in [0.2, 0.25) is 17.7 Å². The molecule has 0 bridgehead atoms. The molecule has 1 heterocycles. The number of halogens is 2. The summed E-state index contributed by atoms with van der Waals surface area (Å²) in [6.07, 6.45) is 0.875. The Morgan fingerprint density at radius 1 is 1.00 bits per heavy atom. The van der Waals surface area contributed by atoms with Gasteiger partial charge < -0.3 is 31.1 Å². The molecule has 0 aliphatic carbocycles. The molecule has 0 fully saturated rings. The van der Waals surface area contributed by atoms with E-state index in [1.54, 1.807) is 12.3 Å². The summed E-state index contributed by atoms with van der Waals surface area (Å²) in [5.74, 6) is -5.21. The molecular weight excluding hydrogens is 588 g/mol. The number of carboxylic acids is 1. The zero-order valence-corrected chi connectivity index (χ0v) is 25.4. The average Bonchev–Trinajstić information content (AvgIpc) is 3.36. The SMILES string of the molecule is CC(C)(C)[C@H](c1cc(-c2cc(F)ccc2F)cn1Cc1ccccc1)N(CC[C@H](N[C@@H](CC(N)=O)C(N)=O)C(=O)O)C(=O)CO. The lowest BCUT2D eigenvalue weighted by Gasteiger charge is -2.41. The number of aliphatic hydroxyl groups is 1. The van der Waals surface area contributed by atoms with Crippen LogP contribution in [0.5, 0.6) is 0 Å². The molecule has 0 saturated carbocycles. The number of nitrogens with zero attached hydrogens (tertiary/aromatic N) is 2. The maximum atomic E-state index is 14.9. The molecule has 0 unspecified atom stereocenters. The van der Waals surface area contributed by atoms with Gasteiger partial charge in [-0.25, -0.2) is 8.78 Å². The Morgan fingerprint density at radius 3 is 2.22 bits per heavy atom. The van der Waals surface area contributed by atoms with Gasteiger partial charge in [-0.3, -0.25) is 24.5 Å². The summed E-state index contributed by atoms with van der Waals surface area (Å²) in [6, 6.07) is 10.5. The summed E-state index contributed by atoms with van der Waals surface area (Å²) in [5, 5.41) is 22.4. The second kappa shape index (κ2) is 14.9. The van der Waals surface area contributed by atoms with Crippen LogP contribution in [0.2, 0.25) is 0 Å². The lowest BCUT2D eigenvalue weighted by Crippen LogP contribution is -2.52. The lowest BCUT2D eigenvalue weighted by atomic mass is 9.82. The van der Waals surface area contributed by atoms with Gasteiger partial charge in [-0.05, 0) is 41.7 Å². The smallest absolute Gasteiger partial charge is 0.320 e. The average molecular weight is 628 g/mol. The summed E-state index contributed by atoms with van der Waals surface area (Å²) in [6.45, 7) is 4.73. The minimum atomic E-state index is -1.43. The Bertz CT molecular complexity index is 1520. The van der Waals surface area contributed by atoms with Gasteiger partial charge in [-0.2, -0.15) is 0 Å². The van der Waals surface area contributed by atoms with Crippen molar-refractivity contribution in [3.8, 4) is 11.1 Å². The fourth-order valence-corrected chi connectivity index (χ4v) is 5.33. The van der Waals surface area contributed by atoms with E-state index >= 15 is 0 Å². The van der Waals surface area contributed by atoms with E-state index in [1.165, 1.54) is 4.90 Å². The Hall–Kier alpha value is -4.62. The molecule has 45 heavy (non-hydrogen) atoms. The fourth-order valence-electron chi connectivity index (χ4n) is 5.33. The highest BCUT2D eigenvalue weighted by atomic mass is 19.1. The number of hydrogen-bond donors (Lipinski definition) is 5. The van der Waals surface area contributed by atoms with E-state index in [0.29, 0.717) is 17.8 Å². The van der Waals surface area contributed by atoms with Crippen molar-refractivity contribution < 1.29 is 38.2 Å². The van der Waals surface area contributed by atoms with Gasteiger partial charge in [0.25, 0.3) is 0 Å². The van der Waals surface area contributed by atoms with Crippen molar-refractivity contribution in [3.63, 3.8) is 0 Å². The number of primary amides is 2. The molecule has 3 atom stereocenters. The van der Waals surface area contributed by atoms with Crippen molar-refractivity contribution in [2.45, 2.75) is 58.3 Å². The van der Waals surface area contributed by atoms with E-state index in [0.717, 1.165) is 23.8 Å². The first-order valence-electron chi connectivity index (χ1n) is 14.3. The number of carbonyl (C=O) groups is 4. The topological polar surface area (TPSA) is 181 Å². The third-order valence-corrected chi connectivity index (χ3v) is 7.34. The minimum Gasteiger partial charge on any atom is -0.480 e. The third-order valence-electron chi connectivity index (χ3n) is 7.34. The third kappa shape index (κ3) is 9.19. The van der Waals surface area contributed by atoms with Crippen molar-refractivity contribution in [3.05, 3.63) is 83.7 Å². The van der Waals surface area contributed by atoms with Crippen LogP contribution in [0.1, 0.15) is 50.9 Å². The summed E-state index contributed by atoms with van der Waals surface area (Å²) in [5.41, 5.74) is 11.6. The maximum Gasteiger partial charge on any atom is 0.320 e. The Labute approximate surface area is 259 Å². The number of carboxylic acid groups (broad SMARTS) is 1. The number of rotatable bonds is 15. The number of nitrogens with one attached hydrogen (secondary N) is 1. The summed E-state index contributed by atoms with van der Waals surface area (Å²) in [7, 11) is 0. The van der Waals surface area contributed by atoms with Gasteiger partial charge in [0.1, 0.15) is 24.3 Å². The van der Waals surface area contributed by atoms with Crippen LogP contribution >= 0.6 is 0 Å². The Kier molecular flexibility index (Phi) is 11.5. The van der Waals surface area contributed by atoms with E-state index in [2.05, 4.69) is 5.32 Å². The number of carbonyl (C=O) groups excluding carboxylic acids is 3. The number of aliphatic hydroxyl groups excluding tert-OH is 1. The van der Waals surface area contributed by atoms with Gasteiger partial charge in [0, 0.05) is 36.1 Å². The van der Waals surface area contributed by atoms with Crippen LogP contribution in [-0.2, 0) is 25.7 Å². The lowest BCUT2D eigenvalue weighted by molar-refractivity contribution is -0.143. The van der Waals surface area contributed by atoms with Crippen LogP contribution < -0.4 is 16.8 Å². The van der Waals surface area contributed by atoms with Crippen LogP contribution in [0.4, 0.5) is 8.78 Å². The van der Waals surface area contributed by atoms with E-state index in [9.17, 15) is 38.2 Å². The zero-order valence-electron chi connectivity index (χ0n) is 25.4. The van der Waals surface area contributed by atoms with Gasteiger partial charge in [0.05, 0.1) is 18.5 Å². The Morgan fingerprint density at radius 2 is 1.67 bits per heavy atom. The molecule has 0 aliphatic rings. The van der Waals surface area contributed by atoms with Crippen LogP contribution in [0, 0.1) is 17.0 Å². The molecule has 0 radical (unpaired) electrons. The number of benzene rings is 2. The molecule has 7 N–H and O–H groups in total. The van der Waals surface area contributed by atoms with Crippen LogP contribution in [0.3, 0.4) is 0 Å². The summed E-state index contributed by atoms with van der Waals surface area (Å²) < 4.78 is 30.9. The minimum absolute atomic E-state index is 0.0119. The molecular formula is C32H39F2N5O6. The molecule has 13 heteroatoms. The van der Waals surface area contributed by atoms with E-state index in [1.807, 2.05) is 55.7 Å². The van der Waals surface area contributed by atoms with Crippen LogP contribution in [-0.4, -0.2) is 68.6 Å². The molecule has 2 aromatic carbocycles. The molecule has 0 saturated heterocycles. The van der Waals surface area contributed by atoms with Crippen LogP contribution in [0.15, 0.2) is 60.8 Å². The highest BCUT2D eigenvalue weighted by Gasteiger charge is 2.38. The quantitative estimate of drug-likeness (QED) is 0.172. The molecule has 242 valence electrons. The van der Waals surface area contributed by atoms with Crippen molar-refractivity contribution in [2.75, 3.05) is 13.2 Å². The summed E-state index contributed by atoms with van der Waals surface area (Å²) in [4.78, 5) is 50.1. The molecule has 3 rings (SSSR count). The molecule has 0 aliphatic heterocycles. The molecule has 0 spiro atoms. The molecule has 1 aromatic heterocycles. The van der Waals surface area contributed by atoms with Gasteiger partial charge in [-0.1, -0.05) is 51.1 Å². The highest BCUT2D eigenvalue weighted by molar-refractivity contribution is 5.87. The van der Waals surface area contributed by atoms with Crippen LogP contribution in [0.25, 0.3) is 11.1 Å². The second-order valence-electron chi connectivity index (χ2n) is 11.9. The molecule has 11 nitrogen and oxygen atoms in total. The molecule has 3 aromatic rings. The van der Waals surface area contributed by atoms with Gasteiger partial charge in [-0.15, -0.1) is 0 Å². The van der Waals surface area contributed by atoms with E-state index in [-0.39, 0.29) is 18.5 Å². The number of aliphatic carboxylic acids is 1.